The maximum absolute atomic E-state index is 6.47. The molecule has 2 nitrogen and oxygen atoms in total. The van der Waals surface area contributed by atoms with Crippen LogP contribution >= 0.6 is 0 Å². The lowest BCUT2D eigenvalue weighted by Gasteiger charge is -2.43. The molecule has 0 aromatic heterocycles. The Bertz CT molecular complexity index is 248. The summed E-state index contributed by atoms with van der Waals surface area (Å²) < 4.78 is 0. The number of nitrogens with zero attached hydrogens (tertiary/aromatic N) is 1. The smallest absolute Gasteiger partial charge is 0.00952 e. The van der Waals surface area contributed by atoms with Crippen LogP contribution in [0.25, 0.3) is 0 Å². The van der Waals surface area contributed by atoms with Crippen LogP contribution in [0.5, 0.6) is 0 Å². The fourth-order valence-electron chi connectivity index (χ4n) is 4.54. The van der Waals surface area contributed by atoms with Crippen molar-refractivity contribution in [1.82, 2.24) is 4.90 Å². The second-order valence-electron chi connectivity index (χ2n) is 7.26. The summed E-state index contributed by atoms with van der Waals surface area (Å²) in [7, 11) is 0. The number of nitrogens with two attached hydrogens (primary N) is 1. The van der Waals surface area contributed by atoms with Crippen molar-refractivity contribution in [3.8, 4) is 0 Å². The van der Waals surface area contributed by atoms with E-state index in [-0.39, 0.29) is 0 Å². The van der Waals surface area contributed by atoms with Gasteiger partial charge in [-0.15, -0.1) is 0 Å². The third-order valence-corrected chi connectivity index (χ3v) is 5.67. The van der Waals surface area contributed by atoms with E-state index >= 15 is 0 Å². The monoisotopic (exact) mass is 266 g/mol. The van der Waals surface area contributed by atoms with E-state index in [9.17, 15) is 0 Å². The van der Waals surface area contributed by atoms with Gasteiger partial charge in [0.05, 0.1) is 0 Å². The van der Waals surface area contributed by atoms with E-state index in [0.717, 1.165) is 23.8 Å². The lowest BCUT2D eigenvalue weighted by atomic mass is 9.72. The predicted molar refractivity (Wildman–Crippen MR) is 83.1 cm³/mol. The molecule has 0 spiro atoms. The summed E-state index contributed by atoms with van der Waals surface area (Å²) in [6, 6.07) is 1.27. The largest absolute Gasteiger partial charge is 0.327 e. The Kier molecular flexibility index (Phi) is 5.70. The van der Waals surface area contributed by atoms with Crippen LogP contribution in [0, 0.1) is 17.8 Å². The molecule has 2 aliphatic carbocycles. The molecule has 4 unspecified atom stereocenters. The van der Waals surface area contributed by atoms with Gasteiger partial charge in [-0.3, -0.25) is 0 Å². The topological polar surface area (TPSA) is 29.3 Å². The zero-order chi connectivity index (χ0) is 13.8. The van der Waals surface area contributed by atoms with Crippen molar-refractivity contribution in [3.05, 3.63) is 0 Å². The van der Waals surface area contributed by atoms with E-state index in [1.165, 1.54) is 58.0 Å². The summed E-state index contributed by atoms with van der Waals surface area (Å²) in [6.07, 6.45) is 9.76. The molecule has 0 amide bonds. The van der Waals surface area contributed by atoms with Gasteiger partial charge in [-0.1, -0.05) is 40.0 Å². The Balaban J connectivity index is 1.92. The van der Waals surface area contributed by atoms with Gasteiger partial charge in [0.15, 0.2) is 0 Å². The van der Waals surface area contributed by atoms with E-state index in [2.05, 4.69) is 25.7 Å². The molecular formula is C17H34N2. The fourth-order valence-corrected chi connectivity index (χ4v) is 4.54. The summed E-state index contributed by atoms with van der Waals surface area (Å²) >= 11 is 0. The molecular weight excluding hydrogens is 232 g/mol. The maximum atomic E-state index is 6.47. The van der Waals surface area contributed by atoms with Crippen LogP contribution in [0.4, 0.5) is 0 Å². The number of hydrogen-bond acceptors (Lipinski definition) is 2. The minimum absolute atomic E-state index is 0.427. The molecule has 2 aliphatic rings. The molecule has 0 saturated heterocycles. The summed E-state index contributed by atoms with van der Waals surface area (Å²) in [4.78, 5) is 2.75. The van der Waals surface area contributed by atoms with Crippen molar-refractivity contribution in [3.63, 3.8) is 0 Å². The zero-order valence-corrected chi connectivity index (χ0v) is 13.3. The van der Waals surface area contributed by atoms with Gasteiger partial charge in [0, 0.05) is 18.6 Å². The standard InChI is InChI=1S/C17H34N2/c1-4-19(15-8-6-5-7-9-15)12-16-14(3)10-13(2)11-17(16)18/h13-17H,4-12,18H2,1-3H3. The summed E-state index contributed by atoms with van der Waals surface area (Å²) in [5.41, 5.74) is 6.47. The Morgan fingerprint density at radius 3 is 2.32 bits per heavy atom. The molecule has 0 aromatic carbocycles. The molecule has 2 heteroatoms. The first-order valence-electron chi connectivity index (χ1n) is 8.61. The van der Waals surface area contributed by atoms with Crippen molar-refractivity contribution in [2.45, 2.75) is 77.8 Å². The van der Waals surface area contributed by atoms with Gasteiger partial charge in [0.1, 0.15) is 0 Å². The van der Waals surface area contributed by atoms with Gasteiger partial charge in [0.2, 0.25) is 0 Å². The Labute approximate surface area is 120 Å². The van der Waals surface area contributed by atoms with E-state index in [4.69, 9.17) is 5.73 Å². The first kappa shape index (κ1) is 15.3. The van der Waals surface area contributed by atoms with E-state index in [1.807, 2.05) is 0 Å². The van der Waals surface area contributed by atoms with Gasteiger partial charge in [-0.25, -0.2) is 0 Å². The highest BCUT2D eigenvalue weighted by Crippen LogP contribution is 2.34. The van der Waals surface area contributed by atoms with Crippen LogP contribution in [0.3, 0.4) is 0 Å². The molecule has 0 aromatic rings. The molecule has 0 heterocycles. The second kappa shape index (κ2) is 7.08. The zero-order valence-electron chi connectivity index (χ0n) is 13.3. The van der Waals surface area contributed by atoms with Crippen molar-refractivity contribution in [2.75, 3.05) is 13.1 Å². The van der Waals surface area contributed by atoms with Gasteiger partial charge < -0.3 is 10.6 Å². The first-order chi connectivity index (χ1) is 9.11. The Hall–Kier alpha value is -0.0800. The summed E-state index contributed by atoms with van der Waals surface area (Å²) in [5.74, 6) is 2.35. The minimum Gasteiger partial charge on any atom is -0.327 e. The summed E-state index contributed by atoms with van der Waals surface area (Å²) in [6.45, 7) is 9.57. The van der Waals surface area contributed by atoms with Crippen molar-refractivity contribution < 1.29 is 0 Å². The highest BCUT2D eigenvalue weighted by molar-refractivity contribution is 4.88. The Morgan fingerprint density at radius 2 is 1.74 bits per heavy atom. The first-order valence-corrected chi connectivity index (χ1v) is 8.61. The highest BCUT2D eigenvalue weighted by atomic mass is 15.2. The van der Waals surface area contributed by atoms with Crippen LogP contribution in [0.15, 0.2) is 0 Å². The second-order valence-corrected chi connectivity index (χ2v) is 7.26. The third-order valence-electron chi connectivity index (χ3n) is 5.67. The fraction of sp³-hybridized carbons (Fsp3) is 1.00. The van der Waals surface area contributed by atoms with E-state index < -0.39 is 0 Å². The average molecular weight is 266 g/mol. The summed E-state index contributed by atoms with van der Waals surface area (Å²) in [5, 5.41) is 0. The van der Waals surface area contributed by atoms with E-state index in [1.54, 1.807) is 0 Å². The van der Waals surface area contributed by atoms with Gasteiger partial charge in [-0.2, -0.15) is 0 Å². The third kappa shape index (κ3) is 3.95. The van der Waals surface area contributed by atoms with Crippen LogP contribution in [0.2, 0.25) is 0 Å². The van der Waals surface area contributed by atoms with Crippen molar-refractivity contribution in [2.24, 2.45) is 23.5 Å². The molecule has 4 atom stereocenters. The minimum atomic E-state index is 0.427. The number of rotatable bonds is 4. The molecule has 2 rings (SSSR count). The average Bonchev–Trinajstić information content (AvgIpc) is 2.39. The quantitative estimate of drug-likeness (QED) is 0.841. The molecule has 19 heavy (non-hydrogen) atoms. The number of hydrogen-bond donors (Lipinski definition) is 1. The predicted octanol–water partition coefficient (Wildman–Crippen LogP) is 3.65. The van der Waals surface area contributed by atoms with E-state index in [0.29, 0.717) is 6.04 Å². The molecule has 0 radical (unpaired) electrons. The maximum Gasteiger partial charge on any atom is 0.00952 e. The van der Waals surface area contributed by atoms with Crippen LogP contribution in [-0.2, 0) is 0 Å². The normalized spacial score (nSPS) is 37.7. The SMILES string of the molecule is CCN(CC1C(C)CC(C)CC1N)C1CCCCC1. The van der Waals surface area contributed by atoms with Gasteiger partial charge in [-0.05, 0) is 50.0 Å². The molecule has 2 fully saturated rings. The van der Waals surface area contributed by atoms with Gasteiger partial charge >= 0.3 is 0 Å². The van der Waals surface area contributed by atoms with Crippen LogP contribution < -0.4 is 5.73 Å². The van der Waals surface area contributed by atoms with Crippen LogP contribution in [0.1, 0.15) is 65.7 Å². The van der Waals surface area contributed by atoms with Gasteiger partial charge in [0.25, 0.3) is 0 Å². The lowest BCUT2D eigenvalue weighted by Crippen LogP contribution is -2.49. The lowest BCUT2D eigenvalue weighted by molar-refractivity contribution is 0.0822. The molecule has 2 N–H and O–H groups in total. The van der Waals surface area contributed by atoms with Crippen LogP contribution in [-0.4, -0.2) is 30.1 Å². The highest BCUT2D eigenvalue weighted by Gasteiger charge is 2.34. The molecule has 0 aliphatic heterocycles. The molecule has 0 bridgehead atoms. The Morgan fingerprint density at radius 1 is 1.05 bits per heavy atom. The van der Waals surface area contributed by atoms with Crippen molar-refractivity contribution in [1.29, 1.82) is 0 Å². The molecule has 2 saturated carbocycles. The van der Waals surface area contributed by atoms with Crippen molar-refractivity contribution >= 4 is 0 Å². The molecule has 112 valence electrons.